The molecular formula is C28H45F3O2. The number of hydrogen-bond donors (Lipinski definition) is 2. The zero-order chi connectivity index (χ0) is 24.4. The van der Waals surface area contributed by atoms with Crippen LogP contribution in [-0.4, -0.2) is 28.1 Å². The van der Waals surface area contributed by atoms with Gasteiger partial charge in [0.05, 0.1) is 6.10 Å². The van der Waals surface area contributed by atoms with Crippen molar-refractivity contribution in [3.8, 4) is 0 Å². The average molecular weight is 471 g/mol. The highest BCUT2D eigenvalue weighted by atomic mass is 19.4. The molecule has 33 heavy (non-hydrogen) atoms. The van der Waals surface area contributed by atoms with Gasteiger partial charge in [0.15, 0.2) is 5.60 Å². The maximum Gasteiger partial charge on any atom is 0.417 e. The molecule has 0 aliphatic heterocycles. The highest BCUT2D eigenvalue weighted by molar-refractivity contribution is 5.27. The average Bonchev–Trinajstić information content (AvgIpc) is 3.03. The number of allylic oxidation sites excluding steroid dienone is 1. The summed E-state index contributed by atoms with van der Waals surface area (Å²) in [6.45, 7) is 11.0. The van der Waals surface area contributed by atoms with Crippen LogP contribution in [-0.2, 0) is 0 Å². The van der Waals surface area contributed by atoms with Gasteiger partial charge in [-0.2, -0.15) is 13.2 Å². The van der Waals surface area contributed by atoms with Crippen molar-refractivity contribution < 1.29 is 23.4 Å². The fourth-order valence-electron chi connectivity index (χ4n) is 8.46. The lowest BCUT2D eigenvalue weighted by molar-refractivity contribution is -0.271. The number of aliphatic hydroxyl groups excluding tert-OH is 1. The third-order valence-electron chi connectivity index (χ3n) is 10.9. The zero-order valence-electron chi connectivity index (χ0n) is 21.3. The van der Waals surface area contributed by atoms with Crippen LogP contribution in [0.4, 0.5) is 13.2 Å². The van der Waals surface area contributed by atoms with Crippen LogP contribution in [0, 0.1) is 39.9 Å². The number of fused-ring (bicyclic) bond motifs is 5. The van der Waals surface area contributed by atoms with Crippen molar-refractivity contribution in [1.82, 2.24) is 0 Å². The van der Waals surface area contributed by atoms with Crippen molar-refractivity contribution >= 4 is 0 Å². The van der Waals surface area contributed by atoms with Gasteiger partial charge in [-0.15, -0.1) is 0 Å². The third kappa shape index (κ3) is 4.21. The lowest BCUT2D eigenvalue weighted by Crippen LogP contribution is -2.55. The van der Waals surface area contributed by atoms with Gasteiger partial charge in [0.25, 0.3) is 0 Å². The highest BCUT2D eigenvalue weighted by Gasteiger charge is 2.63. The Labute approximate surface area is 198 Å². The molecule has 0 radical (unpaired) electrons. The zero-order valence-corrected chi connectivity index (χ0v) is 21.3. The van der Waals surface area contributed by atoms with Crippen molar-refractivity contribution in [1.29, 1.82) is 0 Å². The minimum atomic E-state index is -4.56. The van der Waals surface area contributed by atoms with E-state index in [0.717, 1.165) is 37.7 Å². The summed E-state index contributed by atoms with van der Waals surface area (Å²) in [5.41, 5.74) is -1.64. The van der Waals surface area contributed by atoms with Crippen LogP contribution in [0.25, 0.3) is 0 Å². The summed E-state index contributed by atoms with van der Waals surface area (Å²) in [6.07, 6.45) is 6.01. The molecule has 0 heterocycles. The molecule has 0 saturated heterocycles. The molecule has 0 aromatic rings. The van der Waals surface area contributed by atoms with E-state index in [1.165, 1.54) is 19.3 Å². The summed E-state index contributed by atoms with van der Waals surface area (Å²) >= 11 is 0. The largest absolute Gasteiger partial charge is 0.417 e. The van der Waals surface area contributed by atoms with Gasteiger partial charge >= 0.3 is 6.18 Å². The summed E-state index contributed by atoms with van der Waals surface area (Å²) < 4.78 is 40.6. The van der Waals surface area contributed by atoms with E-state index in [4.69, 9.17) is 0 Å². The predicted molar refractivity (Wildman–Crippen MR) is 126 cm³/mol. The molecule has 4 aliphatic carbocycles. The van der Waals surface area contributed by atoms with Crippen LogP contribution in [0.1, 0.15) is 105 Å². The first-order valence-corrected chi connectivity index (χ1v) is 13.3. The Bertz CT molecular complexity index is 768. The molecule has 4 rings (SSSR count). The monoisotopic (exact) mass is 470 g/mol. The SMILES string of the molecule is CC(C)(C)[C@H](O)CCC[C@H]1CC[C@H]2[C@@H]3CC=C4C[C@](O)(C(F)(F)F)CC[C@]4(C)[C@H]3CC[C@]12C. The van der Waals surface area contributed by atoms with E-state index in [-0.39, 0.29) is 29.8 Å². The van der Waals surface area contributed by atoms with Crippen LogP contribution in [0.15, 0.2) is 11.6 Å². The molecule has 0 unspecified atom stereocenters. The van der Waals surface area contributed by atoms with Gasteiger partial charge < -0.3 is 10.2 Å². The summed E-state index contributed by atoms with van der Waals surface area (Å²) in [4.78, 5) is 0. The van der Waals surface area contributed by atoms with Gasteiger partial charge in [-0.05, 0) is 97.7 Å². The van der Waals surface area contributed by atoms with Crippen molar-refractivity contribution in [2.45, 2.75) is 123 Å². The minimum Gasteiger partial charge on any atom is -0.393 e. The van der Waals surface area contributed by atoms with Crippen LogP contribution >= 0.6 is 0 Å². The standard InChI is InChI=1S/C28H45F3O2/c1-24(2,3)23(32)8-6-7-18-10-12-21-20-11-9-19-17-27(33,28(29,30)31)16-15-26(19,5)22(20)13-14-25(18,21)4/h9,18,20-23,32-33H,6-8,10-17H2,1-5H3/t18-,20-,21-,22-,23+,25+,26-,27-/m0/s1. The summed E-state index contributed by atoms with van der Waals surface area (Å²) in [7, 11) is 0. The van der Waals surface area contributed by atoms with Crippen molar-refractivity contribution in [2.24, 2.45) is 39.9 Å². The molecular weight excluding hydrogens is 425 g/mol. The molecule has 8 atom stereocenters. The number of alkyl halides is 3. The molecule has 2 nitrogen and oxygen atoms in total. The first-order valence-electron chi connectivity index (χ1n) is 13.3. The van der Waals surface area contributed by atoms with Crippen LogP contribution < -0.4 is 0 Å². The predicted octanol–water partition coefficient (Wildman–Crippen LogP) is 7.44. The number of rotatable bonds is 4. The molecule has 190 valence electrons. The van der Waals surface area contributed by atoms with Gasteiger partial charge in [0.1, 0.15) is 0 Å². The van der Waals surface area contributed by atoms with Crippen molar-refractivity contribution in [2.75, 3.05) is 0 Å². The molecule has 0 bridgehead atoms. The number of aliphatic hydroxyl groups is 2. The van der Waals surface area contributed by atoms with Gasteiger partial charge in [-0.3, -0.25) is 0 Å². The topological polar surface area (TPSA) is 40.5 Å². The third-order valence-corrected chi connectivity index (χ3v) is 10.9. The van der Waals surface area contributed by atoms with Gasteiger partial charge in [0, 0.05) is 6.42 Å². The Morgan fingerprint density at radius 3 is 2.36 bits per heavy atom. The Kier molecular flexibility index (Phi) is 6.39. The van der Waals surface area contributed by atoms with Crippen molar-refractivity contribution in [3.05, 3.63) is 11.6 Å². The van der Waals surface area contributed by atoms with Crippen LogP contribution in [0.5, 0.6) is 0 Å². The second kappa shape index (κ2) is 8.25. The van der Waals surface area contributed by atoms with Gasteiger partial charge in [-0.1, -0.05) is 52.7 Å². The maximum absolute atomic E-state index is 13.5. The second-order valence-electron chi connectivity index (χ2n) is 13.6. The maximum atomic E-state index is 13.5. The quantitative estimate of drug-likeness (QED) is 0.419. The van der Waals surface area contributed by atoms with E-state index in [1.807, 2.05) is 0 Å². The Morgan fingerprint density at radius 1 is 1.03 bits per heavy atom. The smallest absolute Gasteiger partial charge is 0.393 e. The Balaban J connectivity index is 1.46. The second-order valence-corrected chi connectivity index (χ2v) is 13.6. The lowest BCUT2D eigenvalue weighted by Gasteiger charge is -2.59. The van der Waals surface area contributed by atoms with Crippen LogP contribution in [0.2, 0.25) is 0 Å². The van der Waals surface area contributed by atoms with E-state index >= 15 is 0 Å². The molecule has 5 heteroatoms. The first kappa shape index (κ1) is 25.5. The molecule has 3 saturated carbocycles. The summed E-state index contributed by atoms with van der Waals surface area (Å²) in [6, 6.07) is 0. The molecule has 0 aromatic heterocycles. The Morgan fingerprint density at radius 2 is 1.73 bits per heavy atom. The van der Waals surface area contributed by atoms with Crippen molar-refractivity contribution in [3.63, 3.8) is 0 Å². The van der Waals surface area contributed by atoms with E-state index in [0.29, 0.717) is 35.5 Å². The first-order chi connectivity index (χ1) is 15.1. The van der Waals surface area contributed by atoms with Gasteiger partial charge in [-0.25, -0.2) is 0 Å². The molecule has 4 aliphatic rings. The molecule has 3 fully saturated rings. The summed E-state index contributed by atoms with van der Waals surface area (Å²) in [5, 5.41) is 20.8. The number of halogens is 3. The Hall–Kier alpha value is -0.550. The van der Waals surface area contributed by atoms with E-state index in [1.54, 1.807) is 0 Å². The minimum absolute atomic E-state index is 0.0694. The highest BCUT2D eigenvalue weighted by Crippen LogP contribution is 2.67. The molecule has 0 spiro atoms. The fourth-order valence-corrected chi connectivity index (χ4v) is 8.46. The van der Waals surface area contributed by atoms with Crippen LogP contribution in [0.3, 0.4) is 0 Å². The lowest BCUT2D eigenvalue weighted by atomic mass is 9.46. The van der Waals surface area contributed by atoms with E-state index < -0.39 is 11.8 Å². The fraction of sp³-hybridized carbons (Fsp3) is 0.929. The molecule has 0 aromatic carbocycles. The number of hydrogen-bond acceptors (Lipinski definition) is 2. The van der Waals surface area contributed by atoms with Gasteiger partial charge in [0.2, 0.25) is 0 Å². The normalized spacial score (nSPS) is 44.5. The molecule has 0 amide bonds. The summed E-state index contributed by atoms with van der Waals surface area (Å²) in [5.74, 6) is 2.33. The van der Waals surface area contributed by atoms with E-state index in [9.17, 15) is 23.4 Å². The van der Waals surface area contributed by atoms with E-state index in [2.05, 4.69) is 40.7 Å². The molecule has 2 N–H and O–H groups in total.